The van der Waals surface area contributed by atoms with E-state index in [-0.39, 0.29) is 17.1 Å². The summed E-state index contributed by atoms with van der Waals surface area (Å²) in [6, 6.07) is 21.4. The van der Waals surface area contributed by atoms with Crippen LogP contribution in [-0.4, -0.2) is 22.0 Å². The Morgan fingerprint density at radius 1 is 0.933 bits per heavy atom. The fourth-order valence-electron chi connectivity index (χ4n) is 3.06. The summed E-state index contributed by atoms with van der Waals surface area (Å²) in [5.41, 5.74) is 3.98. The van der Waals surface area contributed by atoms with E-state index in [9.17, 15) is 19.8 Å². The van der Waals surface area contributed by atoms with E-state index < -0.39 is 11.8 Å². The molecule has 1 saturated heterocycles. The predicted molar refractivity (Wildman–Crippen MR) is 116 cm³/mol. The van der Waals surface area contributed by atoms with Crippen LogP contribution < -0.4 is 10.4 Å². The van der Waals surface area contributed by atoms with E-state index >= 15 is 0 Å². The van der Waals surface area contributed by atoms with Gasteiger partial charge in [0.2, 0.25) is 0 Å². The molecular weight excluding hydrogens is 400 g/mol. The molecule has 0 saturated carbocycles. The molecule has 0 aliphatic carbocycles. The number of para-hydroxylation sites is 1. The summed E-state index contributed by atoms with van der Waals surface area (Å²) in [5.74, 6) is -1.13. The summed E-state index contributed by atoms with van der Waals surface area (Å²) < 4.78 is 0. The number of rotatable bonds is 5. The van der Waals surface area contributed by atoms with Gasteiger partial charge < -0.3 is 10.2 Å². The number of anilines is 1. The molecule has 4 rings (SSSR count). The van der Waals surface area contributed by atoms with E-state index in [0.29, 0.717) is 22.6 Å². The van der Waals surface area contributed by atoms with Crippen LogP contribution in [0.3, 0.4) is 0 Å². The molecule has 0 atom stereocenters. The van der Waals surface area contributed by atoms with E-state index in [1.54, 1.807) is 30.3 Å². The summed E-state index contributed by atoms with van der Waals surface area (Å²) in [6.45, 7) is 0. The van der Waals surface area contributed by atoms with Crippen LogP contribution in [0, 0.1) is 0 Å². The fraction of sp³-hybridized carbons (Fsp3) is 0.0435. The normalized spacial score (nSPS) is 14.9. The predicted octanol–water partition coefficient (Wildman–Crippen LogP) is 3.85. The van der Waals surface area contributed by atoms with E-state index in [2.05, 4.69) is 5.43 Å². The van der Waals surface area contributed by atoms with Gasteiger partial charge in [-0.05, 0) is 48.0 Å². The van der Waals surface area contributed by atoms with Gasteiger partial charge in [0.25, 0.3) is 11.8 Å². The highest BCUT2D eigenvalue weighted by atomic mass is 32.2. The van der Waals surface area contributed by atoms with Crippen LogP contribution in [0.4, 0.5) is 5.69 Å². The maximum Gasteiger partial charge on any atom is 0.282 e. The average molecular weight is 418 g/mol. The molecule has 3 aromatic rings. The second-order valence-electron chi connectivity index (χ2n) is 6.62. The van der Waals surface area contributed by atoms with Crippen LogP contribution in [0.15, 0.2) is 83.3 Å². The summed E-state index contributed by atoms with van der Waals surface area (Å²) >= 11 is 1.50. The van der Waals surface area contributed by atoms with Gasteiger partial charge in [0.1, 0.15) is 5.57 Å². The van der Waals surface area contributed by atoms with Crippen LogP contribution in [0.1, 0.15) is 11.1 Å². The maximum atomic E-state index is 12.7. The molecule has 1 heterocycles. The lowest BCUT2D eigenvalue weighted by Crippen LogP contribution is -2.35. The monoisotopic (exact) mass is 418 g/mol. The molecule has 0 unspecified atom stereocenters. The van der Waals surface area contributed by atoms with Crippen molar-refractivity contribution in [1.29, 1.82) is 0 Å². The number of carbonyl (C=O) groups excluding carboxylic acids is 2. The van der Waals surface area contributed by atoms with E-state index in [4.69, 9.17) is 0 Å². The molecule has 1 fully saturated rings. The fourth-order valence-corrected chi connectivity index (χ4v) is 3.95. The first kappa shape index (κ1) is 19.6. The second-order valence-corrected chi connectivity index (χ2v) is 7.67. The van der Waals surface area contributed by atoms with Gasteiger partial charge in [0.15, 0.2) is 11.5 Å². The second kappa shape index (κ2) is 8.34. The number of benzene rings is 3. The first-order valence-corrected chi connectivity index (χ1v) is 10.2. The van der Waals surface area contributed by atoms with Gasteiger partial charge in [0, 0.05) is 16.2 Å². The van der Waals surface area contributed by atoms with Crippen LogP contribution in [0.2, 0.25) is 0 Å². The minimum Gasteiger partial charge on any atom is -0.504 e. The molecule has 3 N–H and O–H groups in total. The molecule has 3 aromatic carbocycles. The molecule has 0 bridgehead atoms. The Hall–Kier alpha value is -3.71. The van der Waals surface area contributed by atoms with Gasteiger partial charge in [-0.1, -0.05) is 36.4 Å². The zero-order chi connectivity index (χ0) is 21.1. The van der Waals surface area contributed by atoms with Crippen molar-refractivity contribution in [3.63, 3.8) is 0 Å². The van der Waals surface area contributed by atoms with Crippen LogP contribution in [0.25, 0.3) is 6.08 Å². The first-order chi connectivity index (χ1) is 14.5. The number of aromatic hydroxyl groups is 2. The number of amides is 2. The quantitative estimate of drug-likeness (QED) is 0.253. The summed E-state index contributed by atoms with van der Waals surface area (Å²) in [4.78, 5) is 26.1. The third-order valence-corrected chi connectivity index (χ3v) is 5.61. The van der Waals surface area contributed by atoms with Crippen molar-refractivity contribution in [2.45, 2.75) is 10.6 Å². The Kier molecular flexibility index (Phi) is 5.45. The van der Waals surface area contributed by atoms with Gasteiger partial charge in [0.05, 0.1) is 5.69 Å². The molecule has 0 spiro atoms. The molecule has 1 aliphatic heterocycles. The molecule has 1 aliphatic rings. The summed E-state index contributed by atoms with van der Waals surface area (Å²) in [7, 11) is 0. The van der Waals surface area contributed by atoms with E-state index in [1.165, 1.54) is 28.9 Å². The number of carbonyl (C=O) groups is 2. The summed E-state index contributed by atoms with van der Waals surface area (Å²) in [6.07, 6.45) is 1.41. The molecule has 30 heavy (non-hydrogen) atoms. The lowest BCUT2D eigenvalue weighted by molar-refractivity contribution is -0.117. The van der Waals surface area contributed by atoms with Gasteiger partial charge in [-0.2, -0.15) is 0 Å². The van der Waals surface area contributed by atoms with E-state index in [0.717, 1.165) is 4.90 Å². The lowest BCUT2D eigenvalue weighted by Gasteiger charge is -2.13. The Bertz CT molecular complexity index is 1130. The van der Waals surface area contributed by atoms with Crippen molar-refractivity contribution in [3.8, 4) is 11.5 Å². The third kappa shape index (κ3) is 4.01. The van der Waals surface area contributed by atoms with Crippen molar-refractivity contribution < 1.29 is 19.8 Å². The Morgan fingerprint density at radius 2 is 1.60 bits per heavy atom. The maximum absolute atomic E-state index is 12.7. The molecule has 6 nitrogen and oxygen atoms in total. The Labute approximate surface area is 177 Å². The number of phenolic OH excluding ortho intramolecular Hbond substituents is 2. The number of hydrogen-bond donors (Lipinski definition) is 3. The highest BCUT2D eigenvalue weighted by Gasteiger charge is 2.34. The molecule has 7 heteroatoms. The van der Waals surface area contributed by atoms with Gasteiger partial charge >= 0.3 is 0 Å². The van der Waals surface area contributed by atoms with Gasteiger partial charge in [-0.25, -0.2) is 5.01 Å². The summed E-state index contributed by atoms with van der Waals surface area (Å²) in [5, 5.41) is 21.5. The Morgan fingerprint density at radius 3 is 2.30 bits per heavy atom. The lowest BCUT2D eigenvalue weighted by atomic mass is 10.1. The van der Waals surface area contributed by atoms with Gasteiger partial charge in [-0.3, -0.25) is 15.0 Å². The van der Waals surface area contributed by atoms with Crippen molar-refractivity contribution in [3.05, 3.63) is 89.5 Å². The highest BCUT2D eigenvalue weighted by Crippen LogP contribution is 2.35. The number of hydrazine groups is 1. The number of hydrogen-bond acceptors (Lipinski definition) is 5. The number of nitrogens with one attached hydrogen (secondary N) is 1. The highest BCUT2D eigenvalue weighted by molar-refractivity contribution is 7.98. The topological polar surface area (TPSA) is 89.9 Å². The van der Waals surface area contributed by atoms with Crippen LogP contribution in [-0.2, 0) is 15.3 Å². The van der Waals surface area contributed by atoms with Crippen LogP contribution >= 0.6 is 11.8 Å². The zero-order valence-corrected chi connectivity index (χ0v) is 16.6. The SMILES string of the molecule is O=C1NN(c2ccccc2)C(=O)/C1=C\c1cc(O)c(O)c(CSc2ccccc2)c1. The number of nitrogens with zero attached hydrogens (tertiary/aromatic N) is 1. The van der Waals surface area contributed by atoms with Crippen molar-refractivity contribution >= 4 is 35.3 Å². The van der Waals surface area contributed by atoms with Crippen molar-refractivity contribution in [2.75, 3.05) is 5.01 Å². The smallest absolute Gasteiger partial charge is 0.282 e. The molecular formula is C23H18N2O4S. The standard InChI is InChI=1S/C23H18N2O4S/c26-20-13-15(11-16(21(20)27)14-30-18-9-5-2-6-10-18)12-19-22(28)24-25(23(19)29)17-7-3-1-4-8-17/h1-13,26-27H,14H2,(H,24,28)/b19-12-. The zero-order valence-electron chi connectivity index (χ0n) is 15.8. The Balaban J connectivity index is 1.60. The van der Waals surface area contributed by atoms with E-state index in [1.807, 2.05) is 36.4 Å². The average Bonchev–Trinajstić information content (AvgIpc) is 3.05. The first-order valence-electron chi connectivity index (χ1n) is 9.18. The minimum absolute atomic E-state index is 0.0504. The molecule has 2 amide bonds. The number of thioether (sulfide) groups is 1. The third-order valence-electron chi connectivity index (χ3n) is 4.55. The molecule has 0 aromatic heterocycles. The molecule has 150 valence electrons. The molecule has 0 radical (unpaired) electrons. The van der Waals surface area contributed by atoms with Crippen LogP contribution in [0.5, 0.6) is 11.5 Å². The minimum atomic E-state index is -0.531. The largest absolute Gasteiger partial charge is 0.504 e. The number of phenols is 2. The van der Waals surface area contributed by atoms with Crippen molar-refractivity contribution in [2.24, 2.45) is 0 Å². The van der Waals surface area contributed by atoms with Crippen molar-refractivity contribution in [1.82, 2.24) is 5.43 Å². The van der Waals surface area contributed by atoms with Gasteiger partial charge in [-0.15, -0.1) is 11.8 Å².